The van der Waals surface area contributed by atoms with E-state index in [2.05, 4.69) is 29.2 Å². The summed E-state index contributed by atoms with van der Waals surface area (Å²) in [6, 6.07) is 22.3. The molecule has 0 aliphatic heterocycles. The van der Waals surface area contributed by atoms with Crippen molar-refractivity contribution < 1.29 is 4.92 Å². The zero-order chi connectivity index (χ0) is 17.4. The Morgan fingerprint density at radius 2 is 1.72 bits per heavy atom. The van der Waals surface area contributed by atoms with Crippen molar-refractivity contribution in [3.63, 3.8) is 0 Å². The van der Waals surface area contributed by atoms with Crippen molar-refractivity contribution in [3.05, 3.63) is 88.1 Å². The smallest absolute Gasteiger partial charge is 0.243 e. The number of allylic oxidation sites excluding steroid dienone is 1. The van der Waals surface area contributed by atoms with Gasteiger partial charge < -0.3 is 4.98 Å². The molecule has 0 aliphatic carbocycles. The Balaban J connectivity index is 1.99. The third-order valence-electron chi connectivity index (χ3n) is 4.43. The van der Waals surface area contributed by atoms with Gasteiger partial charge in [-0.1, -0.05) is 54.6 Å². The molecule has 0 saturated carbocycles. The first-order chi connectivity index (χ1) is 12.1. The monoisotopic (exact) mass is 328 g/mol. The van der Waals surface area contributed by atoms with Crippen LogP contribution >= 0.6 is 0 Å². The van der Waals surface area contributed by atoms with E-state index in [4.69, 9.17) is 0 Å². The van der Waals surface area contributed by atoms with Crippen LogP contribution in [-0.4, -0.2) is 9.91 Å². The van der Waals surface area contributed by atoms with Gasteiger partial charge >= 0.3 is 0 Å². The summed E-state index contributed by atoms with van der Waals surface area (Å²) in [6.07, 6.45) is 1.64. The fraction of sp³-hybridized carbons (Fsp3) is 0.0476. The zero-order valence-corrected chi connectivity index (χ0v) is 13.7. The molecule has 25 heavy (non-hydrogen) atoms. The predicted molar refractivity (Wildman–Crippen MR) is 102 cm³/mol. The maximum atomic E-state index is 11.1. The Hall–Kier alpha value is -3.40. The van der Waals surface area contributed by atoms with Crippen LogP contribution in [0.5, 0.6) is 0 Å². The van der Waals surface area contributed by atoms with Gasteiger partial charge in [0, 0.05) is 29.5 Å². The van der Waals surface area contributed by atoms with Crippen molar-refractivity contribution in [2.75, 3.05) is 0 Å². The van der Waals surface area contributed by atoms with Crippen molar-refractivity contribution >= 4 is 27.8 Å². The molecule has 122 valence electrons. The van der Waals surface area contributed by atoms with Gasteiger partial charge in [-0.25, -0.2) is 0 Å². The Bertz CT molecular complexity index is 1140. The molecule has 0 saturated heterocycles. The number of hydrogen-bond donors (Lipinski definition) is 1. The lowest BCUT2D eigenvalue weighted by Crippen LogP contribution is -1.93. The summed E-state index contributed by atoms with van der Waals surface area (Å²) < 4.78 is 0. The second-order valence-corrected chi connectivity index (χ2v) is 6.06. The maximum absolute atomic E-state index is 11.1. The lowest BCUT2D eigenvalue weighted by Gasteiger charge is -2.04. The van der Waals surface area contributed by atoms with Crippen LogP contribution in [0.25, 0.3) is 39.0 Å². The molecule has 0 fully saturated rings. The molecule has 1 heterocycles. The van der Waals surface area contributed by atoms with Gasteiger partial charge in [-0.3, -0.25) is 10.1 Å². The number of aromatic amines is 1. The van der Waals surface area contributed by atoms with Gasteiger partial charge in [-0.05, 0) is 28.5 Å². The van der Waals surface area contributed by atoms with Crippen LogP contribution in [0.1, 0.15) is 12.5 Å². The lowest BCUT2D eigenvalue weighted by molar-refractivity contribution is -0.422. The fourth-order valence-electron chi connectivity index (χ4n) is 3.15. The van der Waals surface area contributed by atoms with Crippen LogP contribution in [0.15, 0.2) is 72.4 Å². The Morgan fingerprint density at radius 1 is 1.00 bits per heavy atom. The van der Waals surface area contributed by atoms with Crippen molar-refractivity contribution in [1.82, 2.24) is 4.98 Å². The summed E-state index contributed by atoms with van der Waals surface area (Å²) in [5.41, 5.74) is 3.84. The Morgan fingerprint density at radius 3 is 2.52 bits per heavy atom. The summed E-state index contributed by atoms with van der Waals surface area (Å²) in [5, 5.41) is 14.4. The van der Waals surface area contributed by atoms with Gasteiger partial charge in [0.2, 0.25) is 5.70 Å². The van der Waals surface area contributed by atoms with Crippen molar-refractivity contribution in [1.29, 1.82) is 0 Å². The average Bonchev–Trinajstić information content (AvgIpc) is 3.00. The van der Waals surface area contributed by atoms with Crippen LogP contribution < -0.4 is 0 Å². The molecule has 0 aliphatic rings. The molecule has 4 aromatic rings. The number of fused-ring (bicyclic) bond motifs is 2. The lowest BCUT2D eigenvalue weighted by atomic mass is 10.0. The van der Waals surface area contributed by atoms with E-state index in [-0.39, 0.29) is 10.6 Å². The van der Waals surface area contributed by atoms with E-state index >= 15 is 0 Å². The molecule has 0 radical (unpaired) electrons. The molecule has 1 aromatic heterocycles. The van der Waals surface area contributed by atoms with Crippen LogP contribution in [0.2, 0.25) is 0 Å². The highest BCUT2D eigenvalue weighted by molar-refractivity contribution is 5.98. The van der Waals surface area contributed by atoms with Crippen LogP contribution in [0.3, 0.4) is 0 Å². The highest BCUT2D eigenvalue weighted by atomic mass is 16.6. The first-order valence-corrected chi connectivity index (χ1v) is 8.06. The second kappa shape index (κ2) is 5.91. The molecule has 4 nitrogen and oxygen atoms in total. The van der Waals surface area contributed by atoms with Gasteiger partial charge in [0.05, 0.1) is 10.6 Å². The van der Waals surface area contributed by atoms with Crippen LogP contribution in [0.4, 0.5) is 0 Å². The van der Waals surface area contributed by atoms with Gasteiger partial charge in [0.1, 0.15) is 0 Å². The molecular weight excluding hydrogens is 312 g/mol. The fourth-order valence-corrected chi connectivity index (χ4v) is 3.15. The first kappa shape index (κ1) is 15.1. The SMILES string of the molecule is CC(=Cc1c(-c2ccc3ccccc3c2)[nH]c2ccccc12)[N+](=O)[O-]. The summed E-state index contributed by atoms with van der Waals surface area (Å²) >= 11 is 0. The number of nitro groups is 1. The molecule has 0 bridgehead atoms. The number of hydrogen-bond acceptors (Lipinski definition) is 2. The standard InChI is InChI=1S/C21H16N2O2/c1-14(23(24)25)12-19-18-8-4-5-9-20(18)22-21(19)17-11-10-15-6-2-3-7-16(15)13-17/h2-13,22H,1H3. The highest BCUT2D eigenvalue weighted by Gasteiger charge is 2.14. The molecule has 1 N–H and O–H groups in total. The van der Waals surface area contributed by atoms with E-state index in [1.807, 2.05) is 42.5 Å². The third-order valence-corrected chi connectivity index (χ3v) is 4.43. The summed E-state index contributed by atoms with van der Waals surface area (Å²) in [6.45, 7) is 1.52. The Kier molecular flexibility index (Phi) is 3.58. The molecule has 0 spiro atoms. The van der Waals surface area contributed by atoms with Crippen molar-refractivity contribution in [2.24, 2.45) is 0 Å². The zero-order valence-electron chi connectivity index (χ0n) is 13.7. The number of benzene rings is 3. The molecule has 0 amide bonds. The maximum Gasteiger partial charge on any atom is 0.243 e. The molecule has 3 aromatic carbocycles. The number of H-pyrrole nitrogens is 1. The van der Waals surface area contributed by atoms with Gasteiger partial charge in [-0.2, -0.15) is 0 Å². The largest absolute Gasteiger partial charge is 0.354 e. The topological polar surface area (TPSA) is 58.9 Å². The van der Waals surface area contributed by atoms with Crippen LogP contribution in [0, 0.1) is 10.1 Å². The predicted octanol–water partition coefficient (Wildman–Crippen LogP) is 5.63. The molecule has 0 unspecified atom stereocenters. The number of nitrogens with one attached hydrogen (secondary N) is 1. The van der Waals surface area contributed by atoms with Crippen molar-refractivity contribution in [2.45, 2.75) is 6.92 Å². The molecular formula is C21H16N2O2. The summed E-state index contributed by atoms with van der Waals surface area (Å²) in [5.74, 6) is 0. The van der Waals surface area contributed by atoms with E-state index in [9.17, 15) is 10.1 Å². The van der Waals surface area contributed by atoms with E-state index in [1.165, 1.54) is 12.3 Å². The van der Waals surface area contributed by atoms with Gasteiger partial charge in [-0.15, -0.1) is 0 Å². The highest BCUT2D eigenvalue weighted by Crippen LogP contribution is 2.33. The molecule has 4 heteroatoms. The molecule has 4 rings (SSSR count). The number of nitrogens with zero attached hydrogens (tertiary/aromatic N) is 1. The summed E-state index contributed by atoms with van der Waals surface area (Å²) in [4.78, 5) is 14.2. The quantitative estimate of drug-likeness (QED) is 0.391. The van der Waals surface area contributed by atoms with E-state index in [0.29, 0.717) is 0 Å². The average molecular weight is 328 g/mol. The van der Waals surface area contributed by atoms with Crippen LogP contribution in [-0.2, 0) is 0 Å². The minimum atomic E-state index is -0.355. The van der Waals surface area contributed by atoms with E-state index in [0.717, 1.165) is 33.1 Å². The third kappa shape index (κ3) is 2.68. The molecule has 0 atom stereocenters. The first-order valence-electron chi connectivity index (χ1n) is 8.06. The van der Waals surface area contributed by atoms with Crippen molar-refractivity contribution in [3.8, 4) is 11.3 Å². The van der Waals surface area contributed by atoms with Gasteiger partial charge in [0.15, 0.2) is 0 Å². The minimum Gasteiger partial charge on any atom is -0.354 e. The number of rotatable bonds is 3. The Labute approximate surface area is 144 Å². The van der Waals surface area contributed by atoms with Gasteiger partial charge in [0.25, 0.3) is 0 Å². The minimum absolute atomic E-state index is 0.117. The van der Waals surface area contributed by atoms with E-state index < -0.39 is 0 Å². The number of aromatic nitrogens is 1. The normalized spacial score (nSPS) is 12.0. The summed E-state index contributed by atoms with van der Waals surface area (Å²) in [7, 11) is 0. The number of para-hydroxylation sites is 1. The second-order valence-electron chi connectivity index (χ2n) is 6.06. The van der Waals surface area contributed by atoms with E-state index in [1.54, 1.807) is 6.08 Å².